The standard InChI is InChI=1S/C26H32FN3O2/c1-5-20(6-2)24(31)18-19-11-12-23(22(27)17-19)29-13-15-30(16-14-29)26(28-3)21-9-7-8-10-25(21)32-4/h7-12,17,20,26H,5-6,13-16,18H2,1-2,4H3. The van der Waals surface area contributed by atoms with Crippen LogP contribution in [-0.4, -0.2) is 44.0 Å². The summed E-state index contributed by atoms with van der Waals surface area (Å²) < 4.78 is 20.3. The fraction of sp³-hybridized carbons (Fsp3) is 0.462. The van der Waals surface area contributed by atoms with Crippen molar-refractivity contribution in [2.45, 2.75) is 39.3 Å². The second-order valence-corrected chi connectivity index (χ2v) is 8.21. The third-order valence-electron chi connectivity index (χ3n) is 6.37. The number of Topliss-reactive ketones (excluding diaryl/α,β-unsaturated/α-hetero) is 1. The lowest BCUT2D eigenvalue weighted by atomic mass is 9.93. The Morgan fingerprint density at radius 3 is 2.41 bits per heavy atom. The van der Waals surface area contributed by atoms with Gasteiger partial charge in [0.15, 0.2) is 0 Å². The fourth-order valence-electron chi connectivity index (χ4n) is 4.44. The molecule has 0 radical (unpaired) electrons. The van der Waals surface area contributed by atoms with Gasteiger partial charge in [-0.15, -0.1) is 0 Å². The molecule has 0 amide bonds. The van der Waals surface area contributed by atoms with E-state index in [1.165, 1.54) is 6.07 Å². The number of carbonyl (C=O) groups is 1. The van der Waals surface area contributed by atoms with Crippen molar-refractivity contribution in [2.24, 2.45) is 5.92 Å². The summed E-state index contributed by atoms with van der Waals surface area (Å²) >= 11 is 0. The van der Waals surface area contributed by atoms with Gasteiger partial charge in [-0.1, -0.05) is 32.0 Å². The SMILES string of the molecule is [C-]#[N+]C(c1ccccc1OC)N1CCN(c2ccc(CC(=O)C(CC)CC)cc2F)CC1. The van der Waals surface area contributed by atoms with Crippen molar-refractivity contribution >= 4 is 11.5 Å². The first-order valence-electron chi connectivity index (χ1n) is 11.3. The van der Waals surface area contributed by atoms with Gasteiger partial charge in [0, 0.05) is 38.5 Å². The first-order chi connectivity index (χ1) is 15.5. The zero-order chi connectivity index (χ0) is 23.1. The van der Waals surface area contributed by atoms with Crippen LogP contribution in [0, 0.1) is 18.3 Å². The number of hydrogen-bond acceptors (Lipinski definition) is 4. The molecule has 3 rings (SSSR count). The molecule has 1 unspecified atom stereocenters. The van der Waals surface area contributed by atoms with Gasteiger partial charge in [0.1, 0.15) is 17.3 Å². The maximum atomic E-state index is 14.9. The van der Waals surface area contributed by atoms with E-state index in [4.69, 9.17) is 11.3 Å². The highest BCUT2D eigenvalue weighted by Gasteiger charge is 2.31. The number of piperazine rings is 1. The van der Waals surface area contributed by atoms with E-state index >= 15 is 0 Å². The molecule has 1 heterocycles. The minimum absolute atomic E-state index is 0.0458. The summed E-state index contributed by atoms with van der Waals surface area (Å²) in [6.07, 6.45) is 1.50. The fourth-order valence-corrected chi connectivity index (χ4v) is 4.44. The summed E-state index contributed by atoms with van der Waals surface area (Å²) in [5.74, 6) is 0.641. The molecule has 6 heteroatoms. The summed E-state index contributed by atoms with van der Waals surface area (Å²) in [6.45, 7) is 14.3. The van der Waals surface area contributed by atoms with Crippen molar-refractivity contribution in [3.8, 4) is 5.75 Å². The predicted molar refractivity (Wildman–Crippen MR) is 125 cm³/mol. The van der Waals surface area contributed by atoms with E-state index in [1.807, 2.05) is 49.1 Å². The molecule has 170 valence electrons. The van der Waals surface area contributed by atoms with Crippen LogP contribution in [0.15, 0.2) is 42.5 Å². The van der Waals surface area contributed by atoms with E-state index in [1.54, 1.807) is 13.2 Å². The minimum atomic E-state index is -0.420. The topological polar surface area (TPSA) is 37.1 Å². The lowest BCUT2D eigenvalue weighted by Crippen LogP contribution is -2.47. The van der Waals surface area contributed by atoms with Crippen molar-refractivity contribution < 1.29 is 13.9 Å². The van der Waals surface area contributed by atoms with E-state index in [0.29, 0.717) is 37.6 Å². The number of para-hydroxylation sites is 1. The third-order valence-corrected chi connectivity index (χ3v) is 6.37. The van der Waals surface area contributed by atoms with Crippen LogP contribution in [0.2, 0.25) is 0 Å². The molecule has 2 aromatic rings. The third kappa shape index (κ3) is 5.28. The molecule has 0 N–H and O–H groups in total. The molecular weight excluding hydrogens is 405 g/mol. The second-order valence-electron chi connectivity index (χ2n) is 8.21. The predicted octanol–water partition coefficient (Wildman–Crippen LogP) is 5.12. The van der Waals surface area contributed by atoms with E-state index in [9.17, 15) is 9.18 Å². The Labute approximate surface area is 190 Å². The van der Waals surface area contributed by atoms with Crippen LogP contribution >= 0.6 is 0 Å². The molecule has 0 spiro atoms. The maximum Gasteiger partial charge on any atom is 0.309 e. The minimum Gasteiger partial charge on any atom is -0.496 e. The molecule has 2 aromatic carbocycles. The average Bonchev–Trinajstić information content (AvgIpc) is 2.81. The lowest BCUT2D eigenvalue weighted by Gasteiger charge is -2.36. The van der Waals surface area contributed by atoms with E-state index < -0.39 is 6.17 Å². The average molecular weight is 438 g/mol. The summed E-state index contributed by atoms with van der Waals surface area (Å²) in [6, 6.07) is 12.8. The van der Waals surface area contributed by atoms with Crippen LogP contribution in [0.3, 0.4) is 0 Å². The van der Waals surface area contributed by atoms with Crippen LogP contribution in [0.5, 0.6) is 5.75 Å². The van der Waals surface area contributed by atoms with Gasteiger partial charge in [-0.2, -0.15) is 0 Å². The van der Waals surface area contributed by atoms with Gasteiger partial charge in [0.2, 0.25) is 0 Å². The van der Waals surface area contributed by atoms with Crippen molar-refractivity contribution in [1.29, 1.82) is 0 Å². The van der Waals surface area contributed by atoms with Crippen molar-refractivity contribution in [3.05, 3.63) is 70.8 Å². The largest absolute Gasteiger partial charge is 0.496 e. The summed E-state index contributed by atoms with van der Waals surface area (Å²) in [4.78, 5) is 20.4. The zero-order valence-corrected chi connectivity index (χ0v) is 19.2. The molecule has 0 saturated carbocycles. The molecule has 1 fully saturated rings. The first-order valence-corrected chi connectivity index (χ1v) is 11.3. The molecule has 1 atom stereocenters. The van der Waals surface area contributed by atoms with Crippen molar-refractivity contribution in [2.75, 3.05) is 38.2 Å². The van der Waals surface area contributed by atoms with Crippen LogP contribution < -0.4 is 9.64 Å². The van der Waals surface area contributed by atoms with Crippen molar-refractivity contribution in [3.63, 3.8) is 0 Å². The number of ketones is 1. The number of benzene rings is 2. The second kappa shape index (κ2) is 11.1. The number of carbonyl (C=O) groups excluding carboxylic acids is 1. The number of nitrogens with zero attached hydrogens (tertiary/aromatic N) is 3. The van der Waals surface area contributed by atoms with E-state index in [2.05, 4.69) is 9.74 Å². The molecule has 32 heavy (non-hydrogen) atoms. The highest BCUT2D eigenvalue weighted by atomic mass is 19.1. The molecule has 1 saturated heterocycles. The number of hydrogen-bond donors (Lipinski definition) is 0. The molecule has 5 nitrogen and oxygen atoms in total. The van der Waals surface area contributed by atoms with Gasteiger partial charge < -0.3 is 9.64 Å². The number of methoxy groups -OCH3 is 1. The van der Waals surface area contributed by atoms with Gasteiger partial charge in [0.05, 0.1) is 18.4 Å². The Hall–Kier alpha value is -2.91. The molecular formula is C26H32FN3O2. The van der Waals surface area contributed by atoms with E-state index in [0.717, 1.165) is 24.0 Å². The molecule has 1 aliphatic heterocycles. The number of halogens is 1. The molecule has 0 aliphatic carbocycles. The quantitative estimate of drug-likeness (QED) is 0.510. The zero-order valence-electron chi connectivity index (χ0n) is 19.2. The van der Waals surface area contributed by atoms with Gasteiger partial charge in [0.25, 0.3) is 0 Å². The van der Waals surface area contributed by atoms with Gasteiger partial charge in [-0.25, -0.2) is 15.9 Å². The smallest absolute Gasteiger partial charge is 0.309 e. The maximum absolute atomic E-state index is 14.9. The van der Waals surface area contributed by atoms with Crippen LogP contribution in [-0.2, 0) is 11.2 Å². The summed E-state index contributed by atoms with van der Waals surface area (Å²) in [5.41, 5.74) is 2.14. The van der Waals surface area contributed by atoms with Gasteiger partial charge in [-0.05, 0) is 42.7 Å². The Morgan fingerprint density at radius 1 is 1.12 bits per heavy atom. The van der Waals surface area contributed by atoms with Gasteiger partial charge in [-0.3, -0.25) is 9.64 Å². The Morgan fingerprint density at radius 2 is 1.81 bits per heavy atom. The van der Waals surface area contributed by atoms with Gasteiger partial charge >= 0.3 is 6.17 Å². The first kappa shape index (κ1) is 23.7. The van der Waals surface area contributed by atoms with Crippen LogP contribution in [0.4, 0.5) is 10.1 Å². The molecule has 0 bridgehead atoms. The normalized spacial score (nSPS) is 15.4. The Kier molecular flexibility index (Phi) is 8.24. The summed E-state index contributed by atoms with van der Waals surface area (Å²) in [7, 11) is 1.61. The monoisotopic (exact) mass is 437 g/mol. The Bertz CT molecular complexity index is 960. The Balaban J connectivity index is 1.66. The van der Waals surface area contributed by atoms with Crippen LogP contribution in [0.25, 0.3) is 4.85 Å². The van der Waals surface area contributed by atoms with Crippen LogP contribution in [0.1, 0.15) is 44.0 Å². The van der Waals surface area contributed by atoms with Crippen molar-refractivity contribution in [1.82, 2.24) is 4.90 Å². The molecule has 1 aliphatic rings. The number of rotatable bonds is 9. The van der Waals surface area contributed by atoms with E-state index in [-0.39, 0.29) is 23.9 Å². The highest BCUT2D eigenvalue weighted by Crippen LogP contribution is 2.32. The summed E-state index contributed by atoms with van der Waals surface area (Å²) in [5, 5.41) is 0. The number of anilines is 1. The molecule has 0 aromatic heterocycles. The number of ether oxygens (including phenoxy) is 1. The lowest BCUT2D eigenvalue weighted by molar-refractivity contribution is -0.122. The highest BCUT2D eigenvalue weighted by molar-refractivity contribution is 5.83.